The predicted octanol–water partition coefficient (Wildman–Crippen LogP) is 5.31. The van der Waals surface area contributed by atoms with Crippen molar-refractivity contribution in [3.8, 4) is 0 Å². The first kappa shape index (κ1) is 17.0. The summed E-state index contributed by atoms with van der Waals surface area (Å²) in [5.41, 5.74) is 0. The molecule has 0 unspecified atom stereocenters. The van der Waals surface area contributed by atoms with E-state index in [-0.39, 0.29) is 0 Å². The lowest BCUT2D eigenvalue weighted by molar-refractivity contribution is 0.537. The van der Waals surface area contributed by atoms with Crippen molar-refractivity contribution >= 4 is 0 Å². The molecule has 0 spiro atoms. The Morgan fingerprint density at radius 3 is 1.29 bits per heavy atom. The fraction of sp³-hybridized carbons (Fsp3) is 1.00. The predicted molar refractivity (Wildman–Crippen MR) is 78.6 cm³/mol. The topological polar surface area (TPSA) is 14.1 Å². The van der Waals surface area contributed by atoms with Crippen molar-refractivity contribution in [3.05, 3.63) is 0 Å². The molecule has 1 nitrogen and oxygen atoms in total. The number of rotatable bonds is 14. The first-order valence-corrected chi connectivity index (χ1v) is 8.05. The Kier molecular flexibility index (Phi) is 15.9. The molecule has 0 aromatic heterocycles. The zero-order valence-corrected chi connectivity index (χ0v) is 12.3. The summed E-state index contributed by atoms with van der Waals surface area (Å²) in [6, 6.07) is 0. The van der Waals surface area contributed by atoms with Crippen molar-refractivity contribution in [3.63, 3.8) is 0 Å². The summed E-state index contributed by atoms with van der Waals surface area (Å²) in [7, 11) is 0. The second-order valence-corrected chi connectivity index (χ2v) is 5.21. The van der Waals surface area contributed by atoms with E-state index >= 15 is 0 Å². The van der Waals surface area contributed by atoms with Crippen LogP contribution < -0.4 is 5.32 Å². The Morgan fingerprint density at radius 1 is 0.471 bits per heavy atom. The fourth-order valence-corrected chi connectivity index (χ4v) is 2.12. The summed E-state index contributed by atoms with van der Waals surface area (Å²) >= 11 is 0. The average Bonchev–Trinajstić information content (AvgIpc) is 2.35. The van der Waals surface area contributed by atoms with Crippen LogP contribution in [0, 0.1) is 0 Å². The minimum absolute atomic E-state index is 1.11. The highest BCUT2D eigenvalue weighted by molar-refractivity contribution is 4.50. The number of nitrogens with zero attached hydrogens (tertiary/aromatic N) is 1. The van der Waals surface area contributed by atoms with Gasteiger partial charge in [-0.05, 0) is 12.8 Å². The molecule has 17 heavy (non-hydrogen) atoms. The van der Waals surface area contributed by atoms with Gasteiger partial charge in [-0.2, -0.15) is 0 Å². The van der Waals surface area contributed by atoms with Gasteiger partial charge in [-0.15, -0.1) is 0 Å². The van der Waals surface area contributed by atoms with Crippen LogP contribution in [-0.4, -0.2) is 13.1 Å². The van der Waals surface area contributed by atoms with Gasteiger partial charge in [0.15, 0.2) is 0 Å². The van der Waals surface area contributed by atoms with Crippen molar-refractivity contribution in [2.75, 3.05) is 13.1 Å². The molecule has 0 aromatic rings. The van der Waals surface area contributed by atoms with Gasteiger partial charge in [-0.25, -0.2) is 5.32 Å². The summed E-state index contributed by atoms with van der Waals surface area (Å²) < 4.78 is 0. The minimum atomic E-state index is 1.11. The van der Waals surface area contributed by atoms with E-state index in [1.165, 1.54) is 77.0 Å². The van der Waals surface area contributed by atoms with Gasteiger partial charge < -0.3 is 0 Å². The highest BCUT2D eigenvalue weighted by atomic mass is 14.8. The van der Waals surface area contributed by atoms with Crippen molar-refractivity contribution < 1.29 is 0 Å². The molecular formula is C16H34N. The second-order valence-electron chi connectivity index (χ2n) is 5.21. The van der Waals surface area contributed by atoms with Crippen LogP contribution in [0.2, 0.25) is 0 Å². The van der Waals surface area contributed by atoms with Gasteiger partial charge in [0.05, 0.1) is 0 Å². The molecule has 0 aromatic carbocycles. The van der Waals surface area contributed by atoms with Crippen LogP contribution >= 0.6 is 0 Å². The quantitative estimate of drug-likeness (QED) is 0.365. The maximum atomic E-state index is 4.59. The SMILES string of the molecule is CCCCCCCCCC[N]CCCCCC. The maximum Gasteiger partial charge on any atom is 0.0133 e. The molecule has 0 aliphatic rings. The van der Waals surface area contributed by atoms with E-state index in [0.717, 1.165) is 13.1 Å². The Balaban J connectivity index is 2.85. The third-order valence-electron chi connectivity index (χ3n) is 3.34. The van der Waals surface area contributed by atoms with Crippen LogP contribution in [0.1, 0.15) is 90.9 Å². The first-order chi connectivity index (χ1) is 8.41. The van der Waals surface area contributed by atoms with E-state index in [0.29, 0.717) is 0 Å². The summed E-state index contributed by atoms with van der Waals surface area (Å²) in [5, 5.41) is 4.59. The van der Waals surface area contributed by atoms with Gasteiger partial charge >= 0.3 is 0 Å². The molecule has 103 valence electrons. The number of hydrogen-bond acceptors (Lipinski definition) is 0. The molecule has 0 saturated heterocycles. The van der Waals surface area contributed by atoms with Crippen molar-refractivity contribution in [2.24, 2.45) is 0 Å². The zero-order valence-electron chi connectivity index (χ0n) is 12.3. The lowest BCUT2D eigenvalue weighted by atomic mass is 10.1. The summed E-state index contributed by atoms with van der Waals surface area (Å²) in [5.74, 6) is 0. The third-order valence-corrected chi connectivity index (χ3v) is 3.34. The molecule has 0 rings (SSSR count). The Labute approximate surface area is 110 Å². The van der Waals surface area contributed by atoms with E-state index in [2.05, 4.69) is 19.2 Å². The first-order valence-electron chi connectivity index (χ1n) is 8.05. The molecule has 0 aliphatic heterocycles. The van der Waals surface area contributed by atoms with Crippen LogP contribution in [0.3, 0.4) is 0 Å². The highest BCUT2D eigenvalue weighted by Crippen LogP contribution is 2.08. The summed E-state index contributed by atoms with van der Waals surface area (Å²) in [6.45, 7) is 6.76. The maximum absolute atomic E-state index is 4.59. The molecule has 0 heterocycles. The summed E-state index contributed by atoms with van der Waals surface area (Å²) in [6.07, 6.45) is 16.6. The third kappa shape index (κ3) is 16.0. The van der Waals surface area contributed by atoms with Gasteiger partial charge in [0.25, 0.3) is 0 Å². The van der Waals surface area contributed by atoms with E-state index in [4.69, 9.17) is 0 Å². The standard InChI is InChI=1S/C16H34N/c1-3-5-7-9-10-11-12-14-16-17-15-13-8-6-4-2/h3-16H2,1-2H3. The Bertz CT molecular complexity index is 109. The summed E-state index contributed by atoms with van der Waals surface area (Å²) in [4.78, 5) is 0. The molecule has 1 heteroatoms. The lowest BCUT2D eigenvalue weighted by Gasteiger charge is -2.03. The van der Waals surface area contributed by atoms with Crippen molar-refractivity contribution in [1.82, 2.24) is 5.32 Å². The molecule has 0 amide bonds. The molecule has 0 atom stereocenters. The molecule has 0 bridgehead atoms. The van der Waals surface area contributed by atoms with Crippen LogP contribution in [0.4, 0.5) is 0 Å². The van der Waals surface area contributed by atoms with E-state index < -0.39 is 0 Å². The molecule has 0 fully saturated rings. The molecule has 0 N–H and O–H groups in total. The van der Waals surface area contributed by atoms with Crippen LogP contribution in [0.15, 0.2) is 0 Å². The van der Waals surface area contributed by atoms with Gasteiger partial charge in [0, 0.05) is 13.1 Å². The van der Waals surface area contributed by atoms with Crippen LogP contribution in [0.25, 0.3) is 0 Å². The monoisotopic (exact) mass is 240 g/mol. The van der Waals surface area contributed by atoms with Gasteiger partial charge in [-0.1, -0.05) is 78.1 Å². The van der Waals surface area contributed by atoms with E-state index in [1.807, 2.05) is 0 Å². The van der Waals surface area contributed by atoms with E-state index in [9.17, 15) is 0 Å². The van der Waals surface area contributed by atoms with Crippen LogP contribution in [0.5, 0.6) is 0 Å². The smallest absolute Gasteiger partial charge is 0.0133 e. The normalized spacial score (nSPS) is 10.9. The van der Waals surface area contributed by atoms with E-state index in [1.54, 1.807) is 0 Å². The van der Waals surface area contributed by atoms with Crippen molar-refractivity contribution in [2.45, 2.75) is 90.9 Å². The largest absolute Gasteiger partial charge is 0.242 e. The average molecular weight is 240 g/mol. The van der Waals surface area contributed by atoms with Gasteiger partial charge in [0.1, 0.15) is 0 Å². The number of hydrogen-bond donors (Lipinski definition) is 0. The minimum Gasteiger partial charge on any atom is -0.242 e. The second kappa shape index (κ2) is 16.0. The molecule has 0 aliphatic carbocycles. The molecular weight excluding hydrogens is 206 g/mol. The fourth-order valence-electron chi connectivity index (χ4n) is 2.12. The Hall–Kier alpha value is -0.0400. The molecule has 0 saturated carbocycles. The van der Waals surface area contributed by atoms with Gasteiger partial charge in [0.2, 0.25) is 0 Å². The van der Waals surface area contributed by atoms with Crippen LogP contribution in [-0.2, 0) is 0 Å². The zero-order chi connectivity index (χ0) is 12.6. The van der Waals surface area contributed by atoms with Gasteiger partial charge in [-0.3, -0.25) is 0 Å². The highest BCUT2D eigenvalue weighted by Gasteiger charge is 1.93. The molecule has 1 radical (unpaired) electrons. The Morgan fingerprint density at radius 2 is 0.824 bits per heavy atom. The van der Waals surface area contributed by atoms with Crippen molar-refractivity contribution in [1.29, 1.82) is 0 Å². The number of unbranched alkanes of at least 4 members (excludes halogenated alkanes) is 10. The lowest BCUT2D eigenvalue weighted by Crippen LogP contribution is -2.08.